The van der Waals surface area contributed by atoms with Crippen molar-refractivity contribution in [3.05, 3.63) is 77.4 Å². The molecule has 0 radical (unpaired) electrons. The van der Waals surface area contributed by atoms with Crippen LogP contribution >= 0.6 is 0 Å². The van der Waals surface area contributed by atoms with Crippen molar-refractivity contribution in [1.29, 1.82) is 0 Å². The zero-order valence-corrected chi connectivity index (χ0v) is 23.3. The van der Waals surface area contributed by atoms with Gasteiger partial charge in [-0.25, -0.2) is 13.6 Å². The van der Waals surface area contributed by atoms with E-state index in [0.29, 0.717) is 55.4 Å². The van der Waals surface area contributed by atoms with Crippen LogP contribution in [0.3, 0.4) is 0 Å². The molecular formula is C32H34F2N2O5. The van der Waals surface area contributed by atoms with Gasteiger partial charge in [-0.1, -0.05) is 6.07 Å². The Hall–Kier alpha value is -3.98. The second-order valence-electron chi connectivity index (χ2n) is 10.7. The van der Waals surface area contributed by atoms with E-state index in [2.05, 4.69) is 4.90 Å². The van der Waals surface area contributed by atoms with Gasteiger partial charge in [0.15, 0.2) is 11.6 Å². The monoisotopic (exact) mass is 564 g/mol. The number of amides is 1. The van der Waals surface area contributed by atoms with Crippen molar-refractivity contribution in [2.75, 3.05) is 37.7 Å². The Bertz CT molecular complexity index is 1410. The Kier molecular flexibility index (Phi) is 8.26. The van der Waals surface area contributed by atoms with E-state index in [1.807, 2.05) is 26.0 Å². The zero-order chi connectivity index (χ0) is 29.1. The molecule has 3 aromatic carbocycles. The van der Waals surface area contributed by atoms with Gasteiger partial charge in [-0.2, -0.15) is 0 Å². The maximum Gasteiger partial charge on any atom is 0.335 e. The highest BCUT2D eigenvalue weighted by Gasteiger charge is 2.45. The quantitative estimate of drug-likeness (QED) is 0.336. The molecule has 2 saturated heterocycles. The van der Waals surface area contributed by atoms with E-state index in [1.165, 1.54) is 18.2 Å². The predicted octanol–water partition coefficient (Wildman–Crippen LogP) is 6.15. The summed E-state index contributed by atoms with van der Waals surface area (Å²) in [6, 6.07) is 14.1. The van der Waals surface area contributed by atoms with Crippen molar-refractivity contribution in [3.8, 4) is 22.6 Å². The maximum atomic E-state index is 14.1. The number of carbonyl (C=O) groups is 2. The second kappa shape index (κ2) is 11.9. The largest absolute Gasteiger partial charge is 0.493 e. The van der Waals surface area contributed by atoms with Crippen molar-refractivity contribution >= 4 is 17.6 Å². The van der Waals surface area contributed by atoms with E-state index in [1.54, 1.807) is 17.0 Å². The SMILES string of the molecule is CCOc1cc(CN2CCC3(CC2)CC(=O)N(c2ccc(C(=O)O)cc2)C3)cc(OCC)c1-c1ccc(F)c(F)c1. The molecule has 0 aromatic heterocycles. The molecule has 216 valence electrons. The van der Waals surface area contributed by atoms with Gasteiger partial charge in [-0.15, -0.1) is 0 Å². The van der Waals surface area contributed by atoms with E-state index < -0.39 is 17.6 Å². The van der Waals surface area contributed by atoms with Crippen LogP contribution in [0.1, 0.15) is 49.0 Å². The van der Waals surface area contributed by atoms with Crippen LogP contribution in [0.5, 0.6) is 11.5 Å². The van der Waals surface area contributed by atoms with Gasteiger partial charge < -0.3 is 19.5 Å². The summed E-state index contributed by atoms with van der Waals surface area (Å²) in [6.45, 7) is 7.47. The summed E-state index contributed by atoms with van der Waals surface area (Å²) in [6.07, 6.45) is 2.21. The van der Waals surface area contributed by atoms with Crippen LogP contribution in [-0.4, -0.2) is 54.7 Å². The maximum absolute atomic E-state index is 14.1. The van der Waals surface area contributed by atoms with Crippen LogP contribution < -0.4 is 14.4 Å². The lowest BCUT2D eigenvalue weighted by Gasteiger charge is -2.39. The molecule has 3 aromatic rings. The molecule has 1 N–H and O–H groups in total. The highest BCUT2D eigenvalue weighted by Crippen LogP contribution is 2.44. The van der Waals surface area contributed by atoms with E-state index in [4.69, 9.17) is 14.6 Å². The van der Waals surface area contributed by atoms with Crippen LogP contribution in [0.15, 0.2) is 54.6 Å². The summed E-state index contributed by atoms with van der Waals surface area (Å²) in [7, 11) is 0. The number of carbonyl (C=O) groups excluding carboxylic acids is 1. The third-order valence-electron chi connectivity index (χ3n) is 8.00. The first-order valence-corrected chi connectivity index (χ1v) is 14.0. The lowest BCUT2D eigenvalue weighted by atomic mass is 9.77. The minimum absolute atomic E-state index is 0.0667. The predicted molar refractivity (Wildman–Crippen MR) is 151 cm³/mol. The van der Waals surface area contributed by atoms with Gasteiger partial charge in [0.2, 0.25) is 5.91 Å². The van der Waals surface area contributed by atoms with E-state index >= 15 is 0 Å². The van der Waals surface area contributed by atoms with E-state index in [0.717, 1.165) is 49.3 Å². The molecule has 2 heterocycles. The van der Waals surface area contributed by atoms with E-state index in [9.17, 15) is 18.4 Å². The third kappa shape index (κ3) is 6.05. The van der Waals surface area contributed by atoms with Crippen molar-refractivity contribution in [1.82, 2.24) is 4.90 Å². The molecule has 2 fully saturated rings. The summed E-state index contributed by atoms with van der Waals surface area (Å²) < 4.78 is 39.6. The number of nitrogens with zero attached hydrogens (tertiary/aromatic N) is 2. The van der Waals surface area contributed by atoms with Gasteiger partial charge in [0, 0.05) is 25.2 Å². The molecule has 1 amide bonds. The van der Waals surface area contributed by atoms with Gasteiger partial charge >= 0.3 is 5.97 Å². The molecule has 1 spiro atoms. The zero-order valence-electron chi connectivity index (χ0n) is 23.3. The van der Waals surface area contributed by atoms with Crippen LogP contribution in [0.4, 0.5) is 14.5 Å². The van der Waals surface area contributed by atoms with Gasteiger partial charge in [0.1, 0.15) is 11.5 Å². The molecule has 7 nitrogen and oxygen atoms in total. The van der Waals surface area contributed by atoms with Crippen LogP contribution in [-0.2, 0) is 11.3 Å². The first kappa shape index (κ1) is 28.5. The normalized spacial score (nSPS) is 16.8. The third-order valence-corrected chi connectivity index (χ3v) is 8.00. The average Bonchev–Trinajstić information content (AvgIpc) is 3.27. The molecule has 2 aliphatic heterocycles. The van der Waals surface area contributed by atoms with Gasteiger partial charge in [-0.05, 0) is 105 Å². The highest BCUT2D eigenvalue weighted by atomic mass is 19.2. The molecule has 5 rings (SSSR count). The van der Waals surface area contributed by atoms with Crippen molar-refractivity contribution in [3.63, 3.8) is 0 Å². The fourth-order valence-electron chi connectivity index (χ4n) is 5.90. The summed E-state index contributed by atoms with van der Waals surface area (Å²) in [5.74, 6) is -1.66. The number of hydrogen-bond acceptors (Lipinski definition) is 5. The van der Waals surface area contributed by atoms with Crippen LogP contribution in [0, 0.1) is 17.0 Å². The molecule has 0 bridgehead atoms. The smallest absolute Gasteiger partial charge is 0.335 e. The number of rotatable bonds is 9. The standard InChI is InChI=1S/C32H34F2N2O5/c1-3-40-27-15-21(16-28(41-4-2)30(27)23-7-10-25(33)26(34)17-23)19-35-13-11-32(12-14-35)18-29(37)36(20-32)24-8-5-22(6-9-24)31(38)39/h5-10,15-17H,3-4,11-14,18-20H2,1-2H3,(H,38,39). The number of halogens is 2. The summed E-state index contributed by atoms with van der Waals surface area (Å²) in [5, 5.41) is 9.17. The summed E-state index contributed by atoms with van der Waals surface area (Å²) in [4.78, 5) is 28.3. The first-order chi connectivity index (χ1) is 19.7. The Morgan fingerprint density at radius 2 is 1.56 bits per heavy atom. The summed E-state index contributed by atoms with van der Waals surface area (Å²) in [5.41, 5.74) is 2.88. The fraction of sp³-hybridized carbons (Fsp3) is 0.375. The van der Waals surface area contributed by atoms with Crippen LogP contribution in [0.2, 0.25) is 0 Å². The van der Waals surface area contributed by atoms with E-state index in [-0.39, 0.29) is 16.9 Å². The Morgan fingerprint density at radius 3 is 2.12 bits per heavy atom. The Labute approximate surface area is 238 Å². The van der Waals surface area contributed by atoms with Crippen LogP contribution in [0.25, 0.3) is 11.1 Å². The fourth-order valence-corrected chi connectivity index (χ4v) is 5.90. The minimum atomic E-state index is -0.992. The molecule has 2 aliphatic rings. The minimum Gasteiger partial charge on any atom is -0.493 e. The molecule has 0 aliphatic carbocycles. The lowest BCUT2D eigenvalue weighted by molar-refractivity contribution is -0.118. The second-order valence-corrected chi connectivity index (χ2v) is 10.7. The number of piperidine rings is 1. The molecule has 0 saturated carbocycles. The van der Waals surface area contributed by atoms with Crippen molar-refractivity contribution in [2.24, 2.45) is 5.41 Å². The number of benzene rings is 3. The first-order valence-electron chi connectivity index (χ1n) is 14.0. The molecule has 0 atom stereocenters. The van der Waals surface area contributed by atoms with Gasteiger partial charge in [0.25, 0.3) is 0 Å². The molecule has 9 heteroatoms. The molecule has 41 heavy (non-hydrogen) atoms. The molecular weight excluding hydrogens is 530 g/mol. The van der Waals surface area contributed by atoms with Gasteiger partial charge in [0.05, 0.1) is 24.3 Å². The molecule has 0 unspecified atom stereocenters. The summed E-state index contributed by atoms with van der Waals surface area (Å²) >= 11 is 0. The van der Waals surface area contributed by atoms with Gasteiger partial charge in [-0.3, -0.25) is 9.69 Å². The number of aromatic carboxylic acids is 1. The topological polar surface area (TPSA) is 79.3 Å². The number of likely N-dealkylation sites (tertiary alicyclic amines) is 1. The number of carboxylic acids is 1. The highest BCUT2D eigenvalue weighted by molar-refractivity contribution is 5.97. The number of hydrogen-bond donors (Lipinski definition) is 1. The number of carboxylic acid groups (broad SMARTS) is 1. The van der Waals surface area contributed by atoms with Crippen molar-refractivity contribution < 1.29 is 33.0 Å². The Morgan fingerprint density at radius 1 is 0.927 bits per heavy atom. The average molecular weight is 565 g/mol. The Balaban J connectivity index is 1.30. The lowest BCUT2D eigenvalue weighted by Crippen LogP contribution is -2.41. The number of ether oxygens (including phenoxy) is 2. The number of anilines is 1. The van der Waals surface area contributed by atoms with Crippen molar-refractivity contribution in [2.45, 2.75) is 39.7 Å².